The third-order valence-electron chi connectivity index (χ3n) is 5.22. The highest BCUT2D eigenvalue weighted by atomic mass is 32.2. The molecule has 1 aromatic carbocycles. The van der Waals surface area contributed by atoms with Gasteiger partial charge in [-0.15, -0.1) is 11.3 Å². The Balaban J connectivity index is 1.39. The maximum atomic E-state index is 13.1. The first-order valence-electron chi connectivity index (χ1n) is 10.3. The summed E-state index contributed by atoms with van der Waals surface area (Å²) in [7, 11) is -3.65. The second kappa shape index (κ2) is 9.39. The first-order valence-corrected chi connectivity index (χ1v) is 12.6. The Kier molecular flexibility index (Phi) is 6.58. The summed E-state index contributed by atoms with van der Waals surface area (Å²) >= 11 is 1.12. The fourth-order valence-corrected chi connectivity index (χ4v) is 6.34. The minimum Gasteiger partial charge on any atom is -0.492 e. The van der Waals surface area contributed by atoms with Gasteiger partial charge in [-0.25, -0.2) is 8.42 Å². The molecule has 2 aromatic heterocycles. The number of carbonyl (C=O) groups excluding carboxylic acids is 1. The van der Waals surface area contributed by atoms with Crippen molar-refractivity contribution in [2.24, 2.45) is 5.92 Å². The third-order valence-corrected chi connectivity index (χ3v) is 8.54. The van der Waals surface area contributed by atoms with Crippen molar-refractivity contribution < 1.29 is 22.5 Å². The summed E-state index contributed by atoms with van der Waals surface area (Å²) in [4.78, 5) is 16.9. The molecule has 0 bridgehead atoms. The van der Waals surface area contributed by atoms with Crippen molar-refractivity contribution in [3.8, 4) is 17.1 Å². The molecule has 1 N–H and O–H groups in total. The lowest BCUT2D eigenvalue weighted by Gasteiger charge is -2.30. The Labute approximate surface area is 190 Å². The van der Waals surface area contributed by atoms with Gasteiger partial charge in [-0.2, -0.15) is 9.29 Å². The van der Waals surface area contributed by atoms with Crippen molar-refractivity contribution in [1.29, 1.82) is 0 Å². The molecular weight excluding hydrogens is 452 g/mol. The van der Waals surface area contributed by atoms with Crippen LogP contribution in [0.4, 0.5) is 5.69 Å². The number of sulfonamides is 1. The van der Waals surface area contributed by atoms with E-state index in [0.29, 0.717) is 48.2 Å². The number of carbonyl (C=O) groups is 1. The number of nitrogens with zero attached hydrogens (tertiary/aromatic N) is 3. The molecule has 11 heteroatoms. The summed E-state index contributed by atoms with van der Waals surface area (Å²) < 4.78 is 38.3. The molecule has 0 saturated carbocycles. The first-order chi connectivity index (χ1) is 15.4. The maximum Gasteiger partial charge on any atom is 0.252 e. The highest BCUT2D eigenvalue weighted by Gasteiger charge is 2.33. The molecule has 3 heterocycles. The molecule has 1 aliphatic rings. The van der Waals surface area contributed by atoms with Gasteiger partial charge in [0.2, 0.25) is 17.6 Å². The average molecular weight is 477 g/mol. The molecule has 1 saturated heterocycles. The van der Waals surface area contributed by atoms with Gasteiger partial charge in [-0.3, -0.25) is 4.79 Å². The number of hydrogen-bond donors (Lipinski definition) is 1. The number of piperidine rings is 1. The Bertz CT molecular complexity index is 1200. The minimum absolute atomic E-state index is 0.125. The van der Waals surface area contributed by atoms with Crippen molar-refractivity contribution >= 4 is 33.0 Å². The summed E-state index contributed by atoms with van der Waals surface area (Å²) in [6.07, 6.45) is 0.897. The van der Waals surface area contributed by atoms with Gasteiger partial charge in [0, 0.05) is 36.9 Å². The topological polar surface area (TPSA) is 115 Å². The molecule has 170 valence electrons. The van der Waals surface area contributed by atoms with E-state index in [2.05, 4.69) is 15.5 Å². The molecular formula is C21H24N4O5S2. The number of aromatic nitrogens is 2. The highest BCUT2D eigenvalue weighted by Crippen LogP contribution is 2.32. The first kappa shape index (κ1) is 22.4. The number of aryl methyl sites for hydroxylation is 1. The number of ether oxygens (including phenoxy) is 1. The lowest BCUT2D eigenvalue weighted by atomic mass is 9.97. The average Bonchev–Trinajstić information content (AvgIpc) is 3.45. The van der Waals surface area contributed by atoms with Crippen LogP contribution < -0.4 is 10.1 Å². The smallest absolute Gasteiger partial charge is 0.252 e. The summed E-state index contributed by atoms with van der Waals surface area (Å²) in [5.41, 5.74) is 1.23. The fraction of sp³-hybridized carbons (Fsp3) is 0.381. The van der Waals surface area contributed by atoms with Crippen LogP contribution in [0.3, 0.4) is 0 Å². The quantitative estimate of drug-likeness (QED) is 0.555. The van der Waals surface area contributed by atoms with Crippen LogP contribution in [-0.4, -0.2) is 48.5 Å². The van der Waals surface area contributed by atoms with E-state index >= 15 is 0 Å². The molecule has 32 heavy (non-hydrogen) atoms. The fourth-order valence-electron chi connectivity index (χ4n) is 3.56. The third kappa shape index (κ3) is 4.69. The van der Waals surface area contributed by atoms with Crippen molar-refractivity contribution in [1.82, 2.24) is 14.4 Å². The van der Waals surface area contributed by atoms with Crippen LogP contribution >= 0.6 is 11.3 Å². The van der Waals surface area contributed by atoms with E-state index in [-0.39, 0.29) is 29.1 Å². The van der Waals surface area contributed by atoms with Crippen molar-refractivity contribution in [3.05, 3.63) is 41.6 Å². The number of rotatable bonds is 7. The van der Waals surface area contributed by atoms with Crippen LogP contribution in [0.15, 0.2) is 44.4 Å². The van der Waals surface area contributed by atoms with Gasteiger partial charge in [-0.1, -0.05) is 17.3 Å². The van der Waals surface area contributed by atoms with E-state index < -0.39 is 10.0 Å². The SMILES string of the molecule is CCOc1ccccc1NC(=O)C1CCN(S(=O)(=O)c2cc(-c3noc(C)n3)cs2)CC1. The van der Waals surface area contributed by atoms with Crippen LogP contribution in [0.5, 0.6) is 5.75 Å². The number of anilines is 1. The van der Waals surface area contributed by atoms with Gasteiger partial charge in [0.1, 0.15) is 9.96 Å². The van der Waals surface area contributed by atoms with Crippen LogP contribution in [0.25, 0.3) is 11.4 Å². The zero-order valence-electron chi connectivity index (χ0n) is 17.8. The molecule has 1 amide bonds. The van der Waals surface area contributed by atoms with Gasteiger partial charge in [0.15, 0.2) is 0 Å². The number of amides is 1. The Morgan fingerprint density at radius 1 is 1.31 bits per heavy atom. The minimum atomic E-state index is -3.65. The largest absolute Gasteiger partial charge is 0.492 e. The van der Waals surface area contributed by atoms with Crippen LogP contribution in [0, 0.1) is 12.8 Å². The molecule has 9 nitrogen and oxygen atoms in total. The van der Waals surface area contributed by atoms with Gasteiger partial charge < -0.3 is 14.6 Å². The van der Waals surface area contributed by atoms with E-state index in [1.165, 1.54) is 4.31 Å². The van der Waals surface area contributed by atoms with E-state index in [1.54, 1.807) is 30.5 Å². The van der Waals surface area contributed by atoms with Crippen LogP contribution in [0.1, 0.15) is 25.7 Å². The van der Waals surface area contributed by atoms with Crippen molar-refractivity contribution in [3.63, 3.8) is 0 Å². The Morgan fingerprint density at radius 2 is 2.06 bits per heavy atom. The predicted molar refractivity (Wildman–Crippen MR) is 120 cm³/mol. The summed E-state index contributed by atoms with van der Waals surface area (Å²) in [6, 6.07) is 8.84. The Morgan fingerprint density at radius 3 is 2.75 bits per heavy atom. The molecule has 1 aliphatic heterocycles. The standard InChI is InChI=1S/C21H24N4O5S2/c1-3-29-18-7-5-4-6-17(18)23-21(26)15-8-10-25(11-9-15)32(27,28)19-12-16(13-31-19)20-22-14(2)30-24-20/h4-7,12-13,15H,3,8-11H2,1-2H3,(H,23,26). The predicted octanol–water partition coefficient (Wildman–Crippen LogP) is 3.54. The molecule has 0 atom stereocenters. The van der Waals surface area contributed by atoms with Gasteiger partial charge in [0.25, 0.3) is 10.0 Å². The van der Waals surface area contributed by atoms with Gasteiger partial charge in [0.05, 0.1) is 12.3 Å². The molecule has 0 unspecified atom stereocenters. The molecule has 1 fully saturated rings. The molecule has 0 spiro atoms. The number of para-hydroxylation sites is 2. The van der Waals surface area contributed by atoms with Crippen LogP contribution in [0.2, 0.25) is 0 Å². The van der Waals surface area contributed by atoms with Crippen LogP contribution in [-0.2, 0) is 14.8 Å². The van der Waals surface area contributed by atoms with E-state index in [1.807, 2.05) is 19.1 Å². The number of hydrogen-bond acceptors (Lipinski definition) is 8. The normalized spacial score (nSPS) is 15.6. The molecule has 3 aromatic rings. The molecule has 0 radical (unpaired) electrons. The number of benzene rings is 1. The summed E-state index contributed by atoms with van der Waals surface area (Å²) in [6.45, 7) is 4.62. The second-order valence-electron chi connectivity index (χ2n) is 7.39. The second-order valence-corrected chi connectivity index (χ2v) is 10.5. The number of thiophene rings is 1. The lowest BCUT2D eigenvalue weighted by molar-refractivity contribution is -0.120. The molecule has 0 aliphatic carbocycles. The van der Waals surface area contributed by atoms with Gasteiger partial charge in [-0.05, 0) is 38.0 Å². The maximum absolute atomic E-state index is 13.1. The highest BCUT2D eigenvalue weighted by molar-refractivity contribution is 7.91. The van der Waals surface area contributed by atoms with Crippen molar-refractivity contribution in [2.75, 3.05) is 25.0 Å². The zero-order chi connectivity index (χ0) is 22.7. The van der Waals surface area contributed by atoms with Crippen molar-refractivity contribution in [2.45, 2.75) is 30.9 Å². The van der Waals surface area contributed by atoms with E-state index in [0.717, 1.165) is 11.3 Å². The zero-order valence-corrected chi connectivity index (χ0v) is 19.4. The monoisotopic (exact) mass is 476 g/mol. The van der Waals surface area contributed by atoms with Gasteiger partial charge >= 0.3 is 0 Å². The van der Waals surface area contributed by atoms with E-state index in [4.69, 9.17) is 9.26 Å². The summed E-state index contributed by atoms with van der Waals surface area (Å²) in [5, 5.41) is 8.46. The summed E-state index contributed by atoms with van der Waals surface area (Å²) in [5.74, 6) is 1.01. The lowest BCUT2D eigenvalue weighted by Crippen LogP contribution is -2.41. The Hall–Kier alpha value is -2.76. The number of nitrogens with one attached hydrogen (secondary N) is 1. The molecule has 4 rings (SSSR count). The van der Waals surface area contributed by atoms with E-state index in [9.17, 15) is 13.2 Å².